The second-order valence-corrected chi connectivity index (χ2v) is 6.56. The van der Waals surface area contributed by atoms with Crippen molar-refractivity contribution in [3.05, 3.63) is 52.0 Å². The Labute approximate surface area is 161 Å². The number of hydrogen-bond acceptors (Lipinski definition) is 5. The molecule has 0 aliphatic rings. The molecule has 0 aliphatic carbocycles. The lowest BCUT2D eigenvalue weighted by Gasteiger charge is -2.12. The largest absolute Gasteiger partial charge is 0.497 e. The van der Waals surface area contributed by atoms with Crippen molar-refractivity contribution >= 4 is 28.1 Å². The van der Waals surface area contributed by atoms with Crippen molar-refractivity contribution in [1.82, 2.24) is 5.43 Å². The van der Waals surface area contributed by atoms with Crippen LogP contribution in [-0.2, 0) is 0 Å². The lowest BCUT2D eigenvalue weighted by molar-refractivity contribution is 0.0954. The van der Waals surface area contributed by atoms with E-state index in [4.69, 9.17) is 14.2 Å². The summed E-state index contributed by atoms with van der Waals surface area (Å²) >= 11 is 3.42. The number of ether oxygens (including phenoxy) is 3. The zero-order chi connectivity index (χ0) is 19.1. The summed E-state index contributed by atoms with van der Waals surface area (Å²) in [5.74, 6) is 1.36. The highest BCUT2D eigenvalue weighted by molar-refractivity contribution is 9.10. The van der Waals surface area contributed by atoms with E-state index in [2.05, 4.69) is 26.5 Å². The van der Waals surface area contributed by atoms with E-state index >= 15 is 0 Å². The molecule has 0 atom stereocenters. The van der Waals surface area contributed by atoms with E-state index in [-0.39, 0.29) is 12.0 Å². The summed E-state index contributed by atoms with van der Waals surface area (Å²) in [5, 5.41) is 4.03. The predicted molar refractivity (Wildman–Crippen MR) is 105 cm³/mol. The Bertz CT molecular complexity index is 784. The van der Waals surface area contributed by atoms with Crippen LogP contribution in [0.3, 0.4) is 0 Å². The third-order valence-corrected chi connectivity index (χ3v) is 3.81. The van der Waals surface area contributed by atoms with E-state index in [1.807, 2.05) is 32.0 Å². The summed E-state index contributed by atoms with van der Waals surface area (Å²) < 4.78 is 17.0. The molecule has 0 bridgehead atoms. The average molecular weight is 421 g/mol. The highest BCUT2D eigenvalue weighted by Gasteiger charge is 2.10. The number of rotatable bonds is 7. The Hall–Kier alpha value is -2.54. The fraction of sp³-hybridized carbons (Fsp3) is 0.263. The SMILES string of the molecule is COc1cc(OC)cc(C(=O)NN=Cc2cc(Br)ccc2OC(C)C)c1. The predicted octanol–water partition coefficient (Wildman–Crippen LogP) is 4.02. The number of halogens is 1. The highest BCUT2D eigenvalue weighted by Crippen LogP contribution is 2.23. The molecule has 1 amide bonds. The van der Waals surface area contributed by atoms with Gasteiger partial charge in [0.05, 0.1) is 26.5 Å². The molecule has 0 saturated heterocycles. The van der Waals surface area contributed by atoms with Crippen LogP contribution >= 0.6 is 15.9 Å². The Morgan fingerprint density at radius 3 is 2.35 bits per heavy atom. The number of hydrogen-bond donors (Lipinski definition) is 1. The standard InChI is InChI=1S/C19H21BrN2O4/c1-12(2)26-18-6-5-15(20)7-14(18)11-21-22-19(23)13-8-16(24-3)10-17(9-13)25-4/h5-12H,1-4H3,(H,22,23). The smallest absolute Gasteiger partial charge is 0.271 e. The minimum Gasteiger partial charge on any atom is -0.497 e. The van der Waals surface area contributed by atoms with Crippen molar-refractivity contribution in [2.75, 3.05) is 14.2 Å². The van der Waals surface area contributed by atoms with E-state index in [0.29, 0.717) is 22.8 Å². The quantitative estimate of drug-likeness (QED) is 0.542. The maximum absolute atomic E-state index is 12.3. The van der Waals surface area contributed by atoms with Crippen LogP contribution in [0.4, 0.5) is 0 Å². The van der Waals surface area contributed by atoms with E-state index in [1.165, 1.54) is 20.4 Å². The number of methoxy groups -OCH3 is 2. The Balaban J connectivity index is 2.16. The van der Waals surface area contributed by atoms with Gasteiger partial charge in [-0.25, -0.2) is 5.43 Å². The molecule has 0 radical (unpaired) electrons. The number of nitrogens with zero attached hydrogens (tertiary/aromatic N) is 1. The molecular weight excluding hydrogens is 400 g/mol. The Kier molecular flexibility index (Phi) is 7.03. The van der Waals surface area contributed by atoms with E-state index in [0.717, 1.165) is 10.0 Å². The third kappa shape index (κ3) is 5.49. The van der Waals surface area contributed by atoms with Crippen LogP contribution in [0.5, 0.6) is 17.2 Å². The van der Waals surface area contributed by atoms with Crippen LogP contribution in [0.15, 0.2) is 46.0 Å². The van der Waals surface area contributed by atoms with Gasteiger partial charge in [0, 0.05) is 21.7 Å². The summed E-state index contributed by atoms with van der Waals surface area (Å²) in [7, 11) is 3.05. The number of nitrogens with one attached hydrogen (secondary N) is 1. The van der Waals surface area contributed by atoms with Gasteiger partial charge in [0.1, 0.15) is 17.2 Å². The topological polar surface area (TPSA) is 69.2 Å². The van der Waals surface area contributed by atoms with Gasteiger partial charge in [0.15, 0.2) is 0 Å². The summed E-state index contributed by atoms with van der Waals surface area (Å²) in [6.07, 6.45) is 1.57. The lowest BCUT2D eigenvalue weighted by Crippen LogP contribution is -2.18. The first-order valence-corrected chi connectivity index (χ1v) is 8.75. The normalized spacial score (nSPS) is 10.8. The number of benzene rings is 2. The van der Waals surface area contributed by atoms with Gasteiger partial charge in [-0.15, -0.1) is 0 Å². The first-order chi connectivity index (χ1) is 12.4. The fourth-order valence-corrected chi connectivity index (χ4v) is 2.52. The molecule has 0 heterocycles. The monoisotopic (exact) mass is 420 g/mol. The number of carbonyl (C=O) groups is 1. The molecular formula is C19H21BrN2O4. The van der Waals surface area contributed by atoms with E-state index < -0.39 is 0 Å². The second-order valence-electron chi connectivity index (χ2n) is 5.65. The van der Waals surface area contributed by atoms with Crippen molar-refractivity contribution in [2.24, 2.45) is 5.10 Å². The van der Waals surface area contributed by atoms with Crippen LogP contribution in [-0.4, -0.2) is 32.4 Å². The number of carbonyl (C=O) groups excluding carboxylic acids is 1. The number of hydrazone groups is 1. The number of amides is 1. The lowest BCUT2D eigenvalue weighted by atomic mass is 10.2. The molecule has 138 valence electrons. The molecule has 0 saturated carbocycles. The fourth-order valence-electron chi connectivity index (χ4n) is 2.14. The van der Waals surface area contributed by atoms with Gasteiger partial charge < -0.3 is 14.2 Å². The van der Waals surface area contributed by atoms with Gasteiger partial charge in [-0.1, -0.05) is 15.9 Å². The van der Waals surface area contributed by atoms with Gasteiger partial charge >= 0.3 is 0 Å². The van der Waals surface area contributed by atoms with Crippen molar-refractivity contribution < 1.29 is 19.0 Å². The van der Waals surface area contributed by atoms with Crippen LogP contribution in [0.25, 0.3) is 0 Å². The van der Waals surface area contributed by atoms with Crippen molar-refractivity contribution in [1.29, 1.82) is 0 Å². The molecule has 0 spiro atoms. The molecule has 0 aromatic heterocycles. The van der Waals surface area contributed by atoms with Crippen LogP contribution in [0.1, 0.15) is 29.8 Å². The van der Waals surface area contributed by atoms with Crippen LogP contribution < -0.4 is 19.6 Å². The molecule has 0 unspecified atom stereocenters. The zero-order valence-corrected chi connectivity index (χ0v) is 16.7. The molecule has 26 heavy (non-hydrogen) atoms. The minimum atomic E-state index is -0.375. The molecule has 2 rings (SSSR count). The first-order valence-electron chi connectivity index (χ1n) is 7.95. The first kappa shape index (κ1) is 19.8. The zero-order valence-electron chi connectivity index (χ0n) is 15.1. The van der Waals surface area contributed by atoms with Crippen molar-refractivity contribution in [3.63, 3.8) is 0 Å². The summed E-state index contributed by atoms with van der Waals surface area (Å²) in [6.45, 7) is 3.89. The molecule has 0 fully saturated rings. The summed E-state index contributed by atoms with van der Waals surface area (Å²) in [4.78, 5) is 12.3. The summed E-state index contributed by atoms with van der Waals surface area (Å²) in [5.41, 5.74) is 3.63. The maximum Gasteiger partial charge on any atom is 0.271 e. The van der Waals surface area contributed by atoms with Gasteiger partial charge in [0.2, 0.25) is 0 Å². The Morgan fingerprint density at radius 2 is 1.77 bits per heavy atom. The van der Waals surface area contributed by atoms with Gasteiger partial charge in [0.25, 0.3) is 5.91 Å². The molecule has 0 aliphatic heterocycles. The molecule has 6 nitrogen and oxygen atoms in total. The van der Waals surface area contributed by atoms with E-state index in [1.54, 1.807) is 18.2 Å². The molecule has 2 aromatic carbocycles. The van der Waals surface area contributed by atoms with Gasteiger partial charge in [-0.3, -0.25) is 4.79 Å². The third-order valence-electron chi connectivity index (χ3n) is 3.32. The van der Waals surface area contributed by atoms with Crippen molar-refractivity contribution in [3.8, 4) is 17.2 Å². The van der Waals surface area contributed by atoms with Gasteiger partial charge in [-0.05, 0) is 44.2 Å². The van der Waals surface area contributed by atoms with Crippen LogP contribution in [0, 0.1) is 0 Å². The maximum atomic E-state index is 12.3. The Morgan fingerprint density at radius 1 is 1.12 bits per heavy atom. The van der Waals surface area contributed by atoms with Crippen LogP contribution in [0.2, 0.25) is 0 Å². The van der Waals surface area contributed by atoms with Gasteiger partial charge in [-0.2, -0.15) is 5.10 Å². The molecule has 2 aromatic rings. The highest BCUT2D eigenvalue weighted by atomic mass is 79.9. The second kappa shape index (κ2) is 9.24. The minimum absolute atomic E-state index is 0.0298. The average Bonchev–Trinajstić information content (AvgIpc) is 2.62. The van der Waals surface area contributed by atoms with E-state index in [9.17, 15) is 4.79 Å². The molecule has 7 heteroatoms. The van der Waals surface area contributed by atoms with Crippen molar-refractivity contribution in [2.45, 2.75) is 20.0 Å². The summed E-state index contributed by atoms with van der Waals surface area (Å²) in [6, 6.07) is 10.5. The molecule has 1 N–H and O–H groups in total.